The predicted octanol–water partition coefficient (Wildman–Crippen LogP) is 2.31. The molecule has 1 aromatic heterocycles. The zero-order valence-electron chi connectivity index (χ0n) is 13.3. The molecule has 0 aliphatic carbocycles. The molecule has 1 N–H and O–H groups in total. The van der Waals surface area contributed by atoms with Gasteiger partial charge < -0.3 is 19.7 Å². The summed E-state index contributed by atoms with van der Waals surface area (Å²) >= 11 is 0. The van der Waals surface area contributed by atoms with Crippen LogP contribution in [0.4, 0.5) is 11.5 Å². The van der Waals surface area contributed by atoms with Crippen LogP contribution in [0.15, 0.2) is 42.6 Å². The summed E-state index contributed by atoms with van der Waals surface area (Å²) < 4.78 is 11.5. The summed E-state index contributed by atoms with van der Waals surface area (Å²) in [6.07, 6.45) is 0.596. The third-order valence-corrected chi connectivity index (χ3v) is 3.62. The maximum atomic E-state index is 12.4. The highest BCUT2D eigenvalue weighted by molar-refractivity contribution is 5.94. The lowest BCUT2D eigenvalue weighted by Crippen LogP contribution is -2.46. The second-order valence-electron chi connectivity index (χ2n) is 5.59. The molecular weight excluding hydrogens is 294 g/mol. The Balaban J connectivity index is 1.71. The highest BCUT2D eigenvalue weighted by Gasteiger charge is 2.34. The van der Waals surface area contributed by atoms with Crippen molar-refractivity contribution in [3.63, 3.8) is 0 Å². The van der Waals surface area contributed by atoms with Gasteiger partial charge in [0.05, 0.1) is 11.9 Å². The maximum Gasteiger partial charge on any atom is 0.270 e. The standard InChI is InChI=1S/C17H19N3O3/c1-11-16(23-14-7-5-4-6-13(14)22-11)17(21)19-15-9-8-12(10-18-15)20(2)3/h4-11,16H,1-3H3,(H,18,19,21)/t11-,16-/m1/s1. The average Bonchev–Trinajstić information content (AvgIpc) is 2.54. The molecule has 6 nitrogen and oxygen atoms in total. The van der Waals surface area contributed by atoms with Crippen molar-refractivity contribution in [3.05, 3.63) is 42.6 Å². The molecule has 1 amide bonds. The van der Waals surface area contributed by atoms with Gasteiger partial charge in [-0.1, -0.05) is 12.1 Å². The van der Waals surface area contributed by atoms with Gasteiger partial charge in [0, 0.05) is 14.1 Å². The van der Waals surface area contributed by atoms with Crippen LogP contribution in [0.2, 0.25) is 0 Å². The van der Waals surface area contributed by atoms with Gasteiger partial charge in [0.2, 0.25) is 6.10 Å². The number of amides is 1. The molecule has 120 valence electrons. The fraction of sp³-hybridized carbons (Fsp3) is 0.294. The first-order valence-corrected chi connectivity index (χ1v) is 7.41. The lowest BCUT2D eigenvalue weighted by atomic mass is 10.1. The van der Waals surface area contributed by atoms with E-state index in [0.29, 0.717) is 17.3 Å². The minimum absolute atomic E-state index is 0.280. The summed E-state index contributed by atoms with van der Waals surface area (Å²) in [5, 5.41) is 2.77. The zero-order chi connectivity index (χ0) is 16.4. The Morgan fingerprint density at radius 2 is 1.83 bits per heavy atom. The van der Waals surface area contributed by atoms with Crippen molar-refractivity contribution in [2.24, 2.45) is 0 Å². The topological polar surface area (TPSA) is 63.7 Å². The number of anilines is 2. The summed E-state index contributed by atoms with van der Waals surface area (Å²) in [6.45, 7) is 1.81. The Morgan fingerprint density at radius 3 is 2.43 bits per heavy atom. The van der Waals surface area contributed by atoms with Crippen molar-refractivity contribution in [1.29, 1.82) is 0 Å². The Morgan fingerprint density at radius 1 is 1.13 bits per heavy atom. The summed E-state index contributed by atoms with van der Waals surface area (Å²) in [7, 11) is 3.86. The number of nitrogens with zero attached hydrogens (tertiary/aromatic N) is 2. The Labute approximate surface area is 135 Å². The summed E-state index contributed by atoms with van der Waals surface area (Å²) in [6, 6.07) is 11.0. The van der Waals surface area contributed by atoms with Gasteiger partial charge in [0.25, 0.3) is 5.91 Å². The number of hydrogen-bond acceptors (Lipinski definition) is 5. The van der Waals surface area contributed by atoms with E-state index < -0.39 is 6.10 Å². The van der Waals surface area contributed by atoms with Crippen molar-refractivity contribution >= 4 is 17.4 Å². The van der Waals surface area contributed by atoms with Crippen LogP contribution >= 0.6 is 0 Å². The molecule has 2 atom stereocenters. The normalized spacial score (nSPS) is 19.1. The van der Waals surface area contributed by atoms with Crippen LogP contribution in [0.5, 0.6) is 11.5 Å². The Kier molecular flexibility index (Phi) is 4.06. The summed E-state index contributed by atoms with van der Waals surface area (Å²) in [5.74, 6) is 1.42. The molecule has 1 aliphatic heterocycles. The molecule has 0 spiro atoms. The van der Waals surface area contributed by atoms with Crippen molar-refractivity contribution in [1.82, 2.24) is 4.98 Å². The largest absolute Gasteiger partial charge is 0.482 e. The minimum Gasteiger partial charge on any atom is -0.482 e. The summed E-state index contributed by atoms with van der Waals surface area (Å²) in [5.41, 5.74) is 0.961. The van der Waals surface area contributed by atoms with Crippen LogP contribution in [0.25, 0.3) is 0 Å². The number of pyridine rings is 1. The van der Waals surface area contributed by atoms with Crippen LogP contribution in [0.3, 0.4) is 0 Å². The molecular formula is C17H19N3O3. The highest BCUT2D eigenvalue weighted by Crippen LogP contribution is 2.33. The lowest BCUT2D eigenvalue weighted by Gasteiger charge is -2.30. The molecule has 3 rings (SSSR count). The first-order chi connectivity index (χ1) is 11.0. The molecule has 0 fully saturated rings. The van der Waals surface area contributed by atoms with E-state index in [1.807, 2.05) is 50.2 Å². The Bertz CT molecular complexity index is 700. The molecule has 0 saturated carbocycles. The van der Waals surface area contributed by atoms with E-state index in [-0.39, 0.29) is 12.0 Å². The summed E-state index contributed by atoms with van der Waals surface area (Å²) in [4.78, 5) is 18.6. The molecule has 1 aliphatic rings. The number of para-hydroxylation sites is 2. The van der Waals surface area contributed by atoms with Gasteiger partial charge in [0.1, 0.15) is 11.9 Å². The van der Waals surface area contributed by atoms with Crippen LogP contribution in [-0.2, 0) is 4.79 Å². The van der Waals surface area contributed by atoms with E-state index in [1.165, 1.54) is 0 Å². The zero-order valence-corrected chi connectivity index (χ0v) is 13.3. The minimum atomic E-state index is -0.722. The first kappa shape index (κ1) is 15.1. The number of aromatic nitrogens is 1. The number of ether oxygens (including phenoxy) is 2. The van der Waals surface area contributed by atoms with Crippen molar-refractivity contribution in [2.75, 3.05) is 24.3 Å². The predicted molar refractivity (Wildman–Crippen MR) is 88.1 cm³/mol. The number of hydrogen-bond donors (Lipinski definition) is 1. The fourth-order valence-corrected chi connectivity index (χ4v) is 2.33. The van der Waals surface area contributed by atoms with Gasteiger partial charge in [-0.15, -0.1) is 0 Å². The molecule has 2 heterocycles. The quantitative estimate of drug-likeness (QED) is 0.942. The van der Waals surface area contributed by atoms with Gasteiger partial charge in [-0.05, 0) is 31.2 Å². The third-order valence-electron chi connectivity index (χ3n) is 3.62. The van der Waals surface area contributed by atoms with Crippen molar-refractivity contribution in [3.8, 4) is 11.5 Å². The smallest absolute Gasteiger partial charge is 0.270 e. The van der Waals surface area contributed by atoms with E-state index in [2.05, 4.69) is 10.3 Å². The van der Waals surface area contributed by atoms with E-state index in [4.69, 9.17) is 9.47 Å². The van der Waals surface area contributed by atoms with Crippen LogP contribution in [0.1, 0.15) is 6.92 Å². The number of benzene rings is 1. The molecule has 0 bridgehead atoms. The van der Waals surface area contributed by atoms with E-state index in [1.54, 1.807) is 18.3 Å². The SMILES string of the molecule is C[C@H]1Oc2ccccc2O[C@H]1C(=O)Nc1ccc(N(C)C)cn1. The number of rotatable bonds is 3. The van der Waals surface area contributed by atoms with Gasteiger partial charge in [0.15, 0.2) is 11.5 Å². The monoisotopic (exact) mass is 313 g/mol. The van der Waals surface area contributed by atoms with Gasteiger partial charge in [-0.3, -0.25) is 4.79 Å². The van der Waals surface area contributed by atoms with Crippen molar-refractivity contribution < 1.29 is 14.3 Å². The van der Waals surface area contributed by atoms with E-state index >= 15 is 0 Å². The molecule has 0 radical (unpaired) electrons. The Hall–Kier alpha value is -2.76. The van der Waals surface area contributed by atoms with Gasteiger partial charge in [-0.25, -0.2) is 4.98 Å². The second kappa shape index (κ2) is 6.16. The molecule has 0 saturated heterocycles. The van der Waals surface area contributed by atoms with Crippen molar-refractivity contribution in [2.45, 2.75) is 19.1 Å². The van der Waals surface area contributed by atoms with E-state index in [9.17, 15) is 4.79 Å². The molecule has 6 heteroatoms. The first-order valence-electron chi connectivity index (χ1n) is 7.41. The maximum absolute atomic E-state index is 12.4. The van der Waals surface area contributed by atoms with Gasteiger partial charge >= 0.3 is 0 Å². The van der Waals surface area contributed by atoms with E-state index in [0.717, 1.165) is 5.69 Å². The number of carbonyl (C=O) groups excluding carboxylic acids is 1. The molecule has 2 aromatic rings. The molecule has 23 heavy (non-hydrogen) atoms. The fourth-order valence-electron chi connectivity index (χ4n) is 2.33. The number of nitrogens with one attached hydrogen (secondary N) is 1. The highest BCUT2D eigenvalue weighted by atomic mass is 16.6. The third kappa shape index (κ3) is 3.21. The number of carbonyl (C=O) groups is 1. The van der Waals surface area contributed by atoms with Crippen LogP contribution < -0.4 is 19.7 Å². The number of fused-ring (bicyclic) bond motifs is 1. The second-order valence-corrected chi connectivity index (χ2v) is 5.59. The lowest BCUT2D eigenvalue weighted by molar-refractivity contribution is -0.128. The average molecular weight is 313 g/mol. The van der Waals surface area contributed by atoms with Gasteiger partial charge in [-0.2, -0.15) is 0 Å². The van der Waals surface area contributed by atoms with Crippen LogP contribution in [0, 0.1) is 0 Å². The molecule has 1 aromatic carbocycles. The van der Waals surface area contributed by atoms with Crippen LogP contribution in [-0.4, -0.2) is 37.2 Å². The molecule has 0 unspecified atom stereocenters.